The standard InChI is InChI=1S/C51H29N3O/c1-2-13-32(14-3-1)49-52-50(35-25-24-30-12-4-5-15-33(30)26-35)54-51(53-49)36-27-34-16-6-7-19-37(34)41(28-36)48-46-40-22-11-18-31-17-10-21-38(45(31)40)42(46)29-44-47(48)39-20-8-9-23-43(39)55-44/h1-29H. The lowest BCUT2D eigenvalue weighted by molar-refractivity contribution is 0.669. The minimum atomic E-state index is 0.621. The van der Waals surface area contributed by atoms with Crippen LogP contribution in [0, 0.1) is 0 Å². The number of aromatic nitrogens is 3. The zero-order valence-corrected chi connectivity index (χ0v) is 29.5. The van der Waals surface area contributed by atoms with Crippen molar-refractivity contribution in [2.45, 2.75) is 0 Å². The van der Waals surface area contributed by atoms with Gasteiger partial charge in [0.2, 0.25) is 0 Å². The Morgan fingerprint density at radius 3 is 1.78 bits per heavy atom. The molecule has 2 heterocycles. The summed E-state index contributed by atoms with van der Waals surface area (Å²) in [5.74, 6) is 1.89. The second kappa shape index (κ2) is 11.5. The fourth-order valence-corrected chi connectivity index (χ4v) is 8.75. The molecule has 0 unspecified atom stereocenters. The lowest BCUT2D eigenvalue weighted by Crippen LogP contribution is -2.00. The highest BCUT2D eigenvalue weighted by atomic mass is 16.3. The van der Waals surface area contributed by atoms with Crippen LogP contribution in [0.2, 0.25) is 0 Å². The molecule has 4 nitrogen and oxygen atoms in total. The number of furan rings is 1. The largest absolute Gasteiger partial charge is 0.456 e. The van der Waals surface area contributed by atoms with Crippen molar-refractivity contribution >= 4 is 54.3 Å². The number of hydrogen-bond donors (Lipinski definition) is 0. The van der Waals surface area contributed by atoms with E-state index in [-0.39, 0.29) is 0 Å². The normalized spacial score (nSPS) is 12.0. The zero-order chi connectivity index (χ0) is 36.0. The Morgan fingerprint density at radius 1 is 0.309 bits per heavy atom. The van der Waals surface area contributed by atoms with E-state index in [1.807, 2.05) is 24.3 Å². The van der Waals surface area contributed by atoms with E-state index in [2.05, 4.69) is 152 Å². The molecule has 11 aromatic rings. The van der Waals surface area contributed by atoms with Gasteiger partial charge in [-0.05, 0) is 90.5 Å². The van der Waals surface area contributed by atoms with Gasteiger partial charge in [-0.2, -0.15) is 0 Å². The summed E-state index contributed by atoms with van der Waals surface area (Å²) >= 11 is 0. The molecule has 254 valence electrons. The van der Waals surface area contributed by atoms with E-state index in [1.165, 1.54) is 38.4 Å². The first kappa shape index (κ1) is 30.1. The second-order valence-corrected chi connectivity index (χ2v) is 14.3. The van der Waals surface area contributed by atoms with E-state index in [4.69, 9.17) is 19.4 Å². The van der Waals surface area contributed by atoms with Crippen LogP contribution >= 0.6 is 0 Å². The van der Waals surface area contributed by atoms with Gasteiger partial charge in [-0.1, -0.05) is 146 Å². The van der Waals surface area contributed by atoms with Crippen LogP contribution in [-0.4, -0.2) is 15.0 Å². The first-order chi connectivity index (χ1) is 27.2. The van der Waals surface area contributed by atoms with Crippen LogP contribution in [-0.2, 0) is 0 Å². The molecule has 0 saturated heterocycles. The predicted molar refractivity (Wildman–Crippen MR) is 226 cm³/mol. The molecule has 0 aliphatic heterocycles. The van der Waals surface area contributed by atoms with Crippen molar-refractivity contribution in [1.82, 2.24) is 15.0 Å². The van der Waals surface area contributed by atoms with Gasteiger partial charge in [-0.15, -0.1) is 0 Å². The van der Waals surface area contributed by atoms with E-state index in [0.29, 0.717) is 17.5 Å². The molecule has 0 bridgehead atoms. The van der Waals surface area contributed by atoms with Crippen molar-refractivity contribution in [3.8, 4) is 67.5 Å². The molecule has 0 fully saturated rings. The molecule has 9 aromatic carbocycles. The molecule has 0 amide bonds. The maximum Gasteiger partial charge on any atom is 0.164 e. The fraction of sp³-hybridized carbons (Fsp3) is 0. The van der Waals surface area contributed by atoms with Crippen LogP contribution < -0.4 is 0 Å². The summed E-state index contributed by atoms with van der Waals surface area (Å²) in [4.78, 5) is 15.5. The predicted octanol–water partition coefficient (Wildman–Crippen LogP) is 13.5. The summed E-state index contributed by atoms with van der Waals surface area (Å²) in [6.45, 7) is 0. The van der Waals surface area contributed by atoms with Crippen LogP contribution in [0.3, 0.4) is 0 Å². The first-order valence-electron chi connectivity index (χ1n) is 18.6. The first-order valence-corrected chi connectivity index (χ1v) is 18.6. The van der Waals surface area contributed by atoms with Crippen LogP contribution in [0.1, 0.15) is 0 Å². The zero-order valence-electron chi connectivity index (χ0n) is 29.5. The maximum atomic E-state index is 6.69. The van der Waals surface area contributed by atoms with E-state index in [1.54, 1.807) is 0 Å². The number of nitrogens with zero attached hydrogens (tertiary/aromatic N) is 3. The number of rotatable bonds is 4. The molecule has 4 heteroatoms. The van der Waals surface area contributed by atoms with Crippen molar-refractivity contribution in [2.24, 2.45) is 0 Å². The number of hydrogen-bond acceptors (Lipinski definition) is 4. The van der Waals surface area contributed by atoms with Gasteiger partial charge < -0.3 is 4.42 Å². The molecule has 0 spiro atoms. The third-order valence-corrected chi connectivity index (χ3v) is 11.2. The molecule has 2 aromatic heterocycles. The average Bonchev–Trinajstić information content (AvgIpc) is 3.79. The molecule has 0 saturated carbocycles. The molecule has 0 N–H and O–H groups in total. The molecule has 1 aliphatic carbocycles. The lowest BCUT2D eigenvalue weighted by atomic mass is 9.86. The lowest BCUT2D eigenvalue weighted by Gasteiger charge is -2.17. The van der Waals surface area contributed by atoms with Crippen molar-refractivity contribution in [3.63, 3.8) is 0 Å². The monoisotopic (exact) mass is 699 g/mol. The Balaban J connectivity index is 1.18. The molecule has 0 atom stereocenters. The molecular formula is C51H29N3O. The molecule has 0 radical (unpaired) electrons. The SMILES string of the molecule is c1ccc(-c2nc(-c3ccc4ccccc4c3)nc(-c3cc(-c4c5c(cc6oc7ccccc7c46)-c4cccc6cccc-5c46)c4ccccc4c3)n2)cc1. The summed E-state index contributed by atoms with van der Waals surface area (Å²) in [6, 6.07) is 62.1. The quantitative estimate of drug-likeness (QED) is 0.183. The van der Waals surface area contributed by atoms with Crippen LogP contribution in [0.4, 0.5) is 0 Å². The molecule has 1 aliphatic rings. The summed E-state index contributed by atoms with van der Waals surface area (Å²) in [5.41, 5.74) is 11.7. The van der Waals surface area contributed by atoms with Crippen molar-refractivity contribution in [2.75, 3.05) is 0 Å². The summed E-state index contributed by atoms with van der Waals surface area (Å²) in [7, 11) is 0. The maximum absolute atomic E-state index is 6.69. The van der Waals surface area contributed by atoms with Crippen molar-refractivity contribution < 1.29 is 4.42 Å². The number of benzene rings is 9. The summed E-state index contributed by atoms with van der Waals surface area (Å²) in [6.07, 6.45) is 0. The number of para-hydroxylation sites is 1. The fourth-order valence-electron chi connectivity index (χ4n) is 8.75. The van der Waals surface area contributed by atoms with Gasteiger partial charge in [0.25, 0.3) is 0 Å². The Bertz CT molecular complexity index is 3380. The Hall–Kier alpha value is -7.43. The second-order valence-electron chi connectivity index (χ2n) is 14.3. The third kappa shape index (κ3) is 4.55. The van der Waals surface area contributed by atoms with Crippen LogP contribution in [0.25, 0.3) is 122 Å². The van der Waals surface area contributed by atoms with Gasteiger partial charge in [0.05, 0.1) is 0 Å². The van der Waals surface area contributed by atoms with Gasteiger partial charge in [0, 0.05) is 33.0 Å². The highest BCUT2D eigenvalue weighted by Crippen LogP contribution is 2.56. The van der Waals surface area contributed by atoms with Crippen molar-refractivity contribution in [3.05, 3.63) is 176 Å². The van der Waals surface area contributed by atoms with E-state index in [9.17, 15) is 0 Å². The average molecular weight is 700 g/mol. The highest BCUT2D eigenvalue weighted by molar-refractivity contribution is 6.27. The molecular weight excluding hydrogens is 671 g/mol. The van der Waals surface area contributed by atoms with Gasteiger partial charge in [-0.25, -0.2) is 15.0 Å². The van der Waals surface area contributed by atoms with Crippen molar-refractivity contribution in [1.29, 1.82) is 0 Å². The molecule has 12 rings (SSSR count). The van der Waals surface area contributed by atoms with Crippen LogP contribution in [0.5, 0.6) is 0 Å². The third-order valence-electron chi connectivity index (χ3n) is 11.2. The minimum Gasteiger partial charge on any atom is -0.456 e. The summed E-state index contributed by atoms with van der Waals surface area (Å²) in [5, 5.41) is 9.30. The summed E-state index contributed by atoms with van der Waals surface area (Å²) < 4.78 is 6.69. The van der Waals surface area contributed by atoms with Gasteiger partial charge in [-0.3, -0.25) is 0 Å². The van der Waals surface area contributed by atoms with Gasteiger partial charge in [0.15, 0.2) is 17.5 Å². The number of fused-ring (bicyclic) bond motifs is 8. The Kier molecular flexibility index (Phi) is 6.31. The highest BCUT2D eigenvalue weighted by Gasteiger charge is 2.29. The Morgan fingerprint density at radius 2 is 0.945 bits per heavy atom. The minimum absolute atomic E-state index is 0.621. The van der Waals surface area contributed by atoms with Crippen LogP contribution in [0.15, 0.2) is 180 Å². The van der Waals surface area contributed by atoms with Gasteiger partial charge >= 0.3 is 0 Å². The Labute approximate surface area is 316 Å². The molecule has 55 heavy (non-hydrogen) atoms. The van der Waals surface area contributed by atoms with E-state index < -0.39 is 0 Å². The van der Waals surface area contributed by atoms with Gasteiger partial charge in [0.1, 0.15) is 11.2 Å². The van der Waals surface area contributed by atoms with E-state index in [0.717, 1.165) is 65.9 Å². The smallest absolute Gasteiger partial charge is 0.164 e. The topological polar surface area (TPSA) is 51.8 Å². The van der Waals surface area contributed by atoms with E-state index >= 15 is 0 Å².